The van der Waals surface area contributed by atoms with Crippen molar-refractivity contribution in [1.82, 2.24) is 4.90 Å². The minimum Gasteiger partial charge on any atom is -0.382 e. The first-order valence-corrected chi connectivity index (χ1v) is 8.58. The second kappa shape index (κ2) is 7.76. The van der Waals surface area contributed by atoms with E-state index in [2.05, 4.69) is 0 Å². The maximum absolute atomic E-state index is 13.2. The molecule has 1 aliphatic rings. The van der Waals surface area contributed by atoms with E-state index < -0.39 is 36.1 Å². The van der Waals surface area contributed by atoms with Gasteiger partial charge < -0.3 is 5.11 Å². The molecule has 0 saturated heterocycles. The molecule has 0 spiro atoms. The fourth-order valence-electron chi connectivity index (χ4n) is 3.56. The molecular formula is C18H23F6NO. The Labute approximate surface area is 148 Å². The third-order valence-electron chi connectivity index (χ3n) is 5.15. The number of benzene rings is 1. The van der Waals surface area contributed by atoms with Crippen molar-refractivity contribution in [2.45, 2.75) is 69.6 Å². The minimum absolute atomic E-state index is 0.0822. The molecule has 1 unspecified atom stereocenters. The molecule has 2 rings (SSSR count). The topological polar surface area (TPSA) is 23.5 Å². The van der Waals surface area contributed by atoms with Crippen molar-refractivity contribution in [3.63, 3.8) is 0 Å². The summed E-state index contributed by atoms with van der Waals surface area (Å²) in [5.41, 5.74) is -1.62. The summed E-state index contributed by atoms with van der Waals surface area (Å²) in [6.45, 7) is 0.733. The Bertz CT molecular complexity index is 592. The Balaban J connectivity index is 2.33. The van der Waals surface area contributed by atoms with Crippen molar-refractivity contribution in [3.8, 4) is 0 Å². The normalized spacial score (nSPS) is 19.6. The van der Waals surface area contributed by atoms with Gasteiger partial charge in [0.15, 0.2) is 6.10 Å². The highest BCUT2D eigenvalue weighted by Crippen LogP contribution is 2.38. The van der Waals surface area contributed by atoms with Gasteiger partial charge in [-0.05, 0) is 31.4 Å². The molecule has 0 bridgehead atoms. The van der Waals surface area contributed by atoms with Gasteiger partial charge in [-0.2, -0.15) is 26.3 Å². The Kier molecular flexibility index (Phi) is 6.28. The van der Waals surface area contributed by atoms with Crippen LogP contribution >= 0.6 is 0 Å². The Morgan fingerprint density at radius 2 is 1.62 bits per heavy atom. The SMILES string of the molecule is CC1(N(Cc2ccccc2C(F)(F)F)CC(O)C(F)(F)F)CCCCC1. The zero-order valence-corrected chi connectivity index (χ0v) is 14.5. The number of halogens is 6. The number of alkyl halides is 6. The number of hydrogen-bond donors (Lipinski definition) is 1. The van der Waals surface area contributed by atoms with Gasteiger partial charge in [0.05, 0.1) is 5.56 Å². The van der Waals surface area contributed by atoms with Crippen LogP contribution in [0.3, 0.4) is 0 Å². The molecule has 1 fully saturated rings. The van der Waals surface area contributed by atoms with Crippen LogP contribution in [-0.4, -0.2) is 34.4 Å². The highest BCUT2D eigenvalue weighted by atomic mass is 19.4. The van der Waals surface area contributed by atoms with Crippen LogP contribution < -0.4 is 0 Å². The molecule has 1 aliphatic carbocycles. The largest absolute Gasteiger partial charge is 0.416 e. The highest BCUT2D eigenvalue weighted by molar-refractivity contribution is 5.29. The molecule has 0 amide bonds. The summed E-state index contributed by atoms with van der Waals surface area (Å²) in [6.07, 6.45) is -8.27. The van der Waals surface area contributed by atoms with Crippen molar-refractivity contribution in [2.24, 2.45) is 0 Å². The van der Waals surface area contributed by atoms with Crippen molar-refractivity contribution in [1.29, 1.82) is 0 Å². The van der Waals surface area contributed by atoms with Crippen LogP contribution in [0.25, 0.3) is 0 Å². The average molecular weight is 383 g/mol. The first kappa shape index (κ1) is 21.0. The van der Waals surface area contributed by atoms with Gasteiger partial charge in [0.25, 0.3) is 0 Å². The monoisotopic (exact) mass is 383 g/mol. The third-order valence-corrected chi connectivity index (χ3v) is 5.15. The Morgan fingerprint density at radius 3 is 2.15 bits per heavy atom. The second-order valence-electron chi connectivity index (χ2n) is 7.15. The van der Waals surface area contributed by atoms with E-state index in [0.29, 0.717) is 12.8 Å². The van der Waals surface area contributed by atoms with E-state index >= 15 is 0 Å². The summed E-state index contributed by atoms with van der Waals surface area (Å²) in [7, 11) is 0. The Morgan fingerprint density at radius 1 is 1.04 bits per heavy atom. The molecule has 0 aliphatic heterocycles. The molecule has 0 aromatic heterocycles. The zero-order chi connectivity index (χ0) is 19.6. The quantitative estimate of drug-likeness (QED) is 0.711. The van der Waals surface area contributed by atoms with E-state index in [9.17, 15) is 31.4 Å². The predicted molar refractivity (Wildman–Crippen MR) is 85.4 cm³/mol. The Hall–Kier alpha value is -1.28. The summed E-state index contributed by atoms with van der Waals surface area (Å²) < 4.78 is 78.3. The number of rotatable bonds is 5. The van der Waals surface area contributed by atoms with Crippen LogP contribution in [0.4, 0.5) is 26.3 Å². The van der Waals surface area contributed by atoms with Crippen LogP contribution in [0.5, 0.6) is 0 Å². The summed E-state index contributed by atoms with van der Waals surface area (Å²) in [5.74, 6) is 0. The maximum atomic E-state index is 13.2. The molecule has 1 saturated carbocycles. The van der Waals surface area contributed by atoms with E-state index in [4.69, 9.17) is 0 Å². The maximum Gasteiger partial charge on any atom is 0.416 e. The fourth-order valence-corrected chi connectivity index (χ4v) is 3.56. The highest BCUT2D eigenvalue weighted by Gasteiger charge is 2.43. The molecule has 1 aromatic carbocycles. The summed E-state index contributed by atoms with van der Waals surface area (Å²) in [5, 5.41) is 9.52. The molecule has 1 atom stereocenters. The number of aliphatic hydroxyl groups excluding tert-OH is 1. The van der Waals surface area contributed by atoms with Crippen LogP contribution in [0, 0.1) is 0 Å². The first-order chi connectivity index (χ1) is 11.9. The standard InChI is InChI=1S/C18H23F6NO/c1-16(9-5-2-6-10-16)25(12-15(26)18(22,23)24)11-13-7-3-4-8-14(13)17(19,20)21/h3-4,7-8,15,26H,2,5-6,9-12H2,1H3. The van der Waals surface area contributed by atoms with E-state index in [0.717, 1.165) is 25.3 Å². The van der Waals surface area contributed by atoms with Crippen molar-refractivity contribution >= 4 is 0 Å². The molecular weight excluding hydrogens is 360 g/mol. The minimum atomic E-state index is -4.81. The van der Waals surface area contributed by atoms with Crippen LogP contribution in [0.1, 0.15) is 50.2 Å². The predicted octanol–water partition coefficient (Wildman–Crippen LogP) is 5.15. The lowest BCUT2D eigenvalue weighted by Gasteiger charge is -2.45. The van der Waals surface area contributed by atoms with Gasteiger partial charge in [0.1, 0.15) is 0 Å². The van der Waals surface area contributed by atoms with Crippen LogP contribution in [0.15, 0.2) is 24.3 Å². The van der Waals surface area contributed by atoms with Gasteiger partial charge in [-0.15, -0.1) is 0 Å². The van der Waals surface area contributed by atoms with Gasteiger partial charge in [-0.25, -0.2) is 0 Å². The summed E-state index contributed by atoms with van der Waals surface area (Å²) >= 11 is 0. The van der Waals surface area contributed by atoms with Gasteiger partial charge >= 0.3 is 12.4 Å². The van der Waals surface area contributed by atoms with Gasteiger partial charge in [-0.1, -0.05) is 37.5 Å². The molecule has 26 heavy (non-hydrogen) atoms. The molecule has 0 radical (unpaired) electrons. The van der Waals surface area contributed by atoms with Crippen LogP contribution in [0.2, 0.25) is 0 Å². The number of nitrogens with zero attached hydrogens (tertiary/aromatic N) is 1. The smallest absolute Gasteiger partial charge is 0.382 e. The first-order valence-electron chi connectivity index (χ1n) is 8.58. The van der Waals surface area contributed by atoms with E-state index in [1.807, 2.05) is 0 Å². The lowest BCUT2D eigenvalue weighted by molar-refractivity contribution is -0.212. The van der Waals surface area contributed by atoms with E-state index in [-0.39, 0.29) is 12.1 Å². The number of hydrogen-bond acceptors (Lipinski definition) is 2. The molecule has 8 heteroatoms. The summed E-state index contributed by atoms with van der Waals surface area (Å²) in [6, 6.07) is 4.90. The van der Waals surface area contributed by atoms with E-state index in [1.54, 1.807) is 6.92 Å². The fraction of sp³-hybridized carbons (Fsp3) is 0.667. The number of aliphatic hydroxyl groups is 1. The van der Waals surface area contributed by atoms with Crippen molar-refractivity contribution in [3.05, 3.63) is 35.4 Å². The average Bonchev–Trinajstić information content (AvgIpc) is 2.53. The third kappa shape index (κ3) is 5.13. The molecule has 1 aromatic rings. The lowest BCUT2D eigenvalue weighted by Crippen LogP contribution is -2.52. The van der Waals surface area contributed by atoms with Crippen LogP contribution in [-0.2, 0) is 12.7 Å². The second-order valence-corrected chi connectivity index (χ2v) is 7.15. The molecule has 2 nitrogen and oxygen atoms in total. The van der Waals surface area contributed by atoms with Gasteiger partial charge in [0, 0.05) is 18.6 Å². The molecule has 1 N–H and O–H groups in total. The lowest BCUT2D eigenvalue weighted by atomic mass is 9.81. The summed E-state index contributed by atoms with van der Waals surface area (Å²) in [4.78, 5) is 1.37. The molecule has 0 heterocycles. The van der Waals surface area contributed by atoms with Crippen molar-refractivity contribution in [2.75, 3.05) is 6.54 Å². The number of β-amino-alcohol motifs (C(OH)–C–C–N with tert-alkyl or cyclic N) is 1. The van der Waals surface area contributed by atoms with Gasteiger partial charge in [-0.3, -0.25) is 4.90 Å². The van der Waals surface area contributed by atoms with Crippen molar-refractivity contribution < 1.29 is 31.4 Å². The zero-order valence-electron chi connectivity index (χ0n) is 14.5. The van der Waals surface area contributed by atoms with E-state index in [1.165, 1.54) is 23.1 Å². The molecule has 148 valence electrons. The van der Waals surface area contributed by atoms with Gasteiger partial charge in [0.2, 0.25) is 0 Å².